The fourth-order valence-electron chi connectivity index (χ4n) is 1.63. The molecule has 2 rings (SSSR count). The molecule has 1 aromatic heterocycles. The predicted octanol–water partition coefficient (Wildman–Crippen LogP) is 1.52. The van der Waals surface area contributed by atoms with Gasteiger partial charge in [-0.05, 0) is 12.1 Å². The summed E-state index contributed by atoms with van der Waals surface area (Å²) in [6.07, 6.45) is 0.0523. The first-order valence-corrected chi connectivity index (χ1v) is 4.93. The standard InChI is InChI=1S/C11H12N2O3/c1-16-11-12-8-4-2-3-5-9(8)13(11)7-6-10(14)15/h2-5H,6-7H2,1H3,(H,14,15). The third kappa shape index (κ3) is 1.84. The summed E-state index contributed by atoms with van der Waals surface area (Å²) in [5.41, 5.74) is 1.70. The average molecular weight is 220 g/mol. The van der Waals surface area contributed by atoms with Crippen LogP contribution < -0.4 is 4.74 Å². The van der Waals surface area contributed by atoms with Gasteiger partial charge in [0.25, 0.3) is 6.01 Å². The van der Waals surface area contributed by atoms with Crippen molar-refractivity contribution in [1.82, 2.24) is 9.55 Å². The number of aryl methyl sites for hydroxylation is 1. The van der Waals surface area contributed by atoms with Crippen LogP contribution in [0, 0.1) is 0 Å². The summed E-state index contributed by atoms with van der Waals surface area (Å²) in [7, 11) is 1.53. The van der Waals surface area contributed by atoms with E-state index in [0.29, 0.717) is 12.6 Å². The summed E-state index contributed by atoms with van der Waals surface area (Å²) in [5, 5.41) is 8.67. The minimum Gasteiger partial charge on any atom is -0.481 e. The maximum absolute atomic E-state index is 10.6. The zero-order valence-electron chi connectivity index (χ0n) is 8.88. The molecule has 0 aliphatic carbocycles. The largest absolute Gasteiger partial charge is 0.481 e. The lowest BCUT2D eigenvalue weighted by atomic mass is 10.3. The van der Waals surface area contributed by atoms with Crippen LogP contribution in [0.1, 0.15) is 6.42 Å². The van der Waals surface area contributed by atoms with E-state index in [1.165, 1.54) is 7.11 Å². The minimum absolute atomic E-state index is 0.0523. The fourth-order valence-corrected chi connectivity index (χ4v) is 1.63. The van der Waals surface area contributed by atoms with E-state index in [-0.39, 0.29) is 6.42 Å². The number of carboxylic acid groups (broad SMARTS) is 1. The molecule has 0 aliphatic heterocycles. The van der Waals surface area contributed by atoms with Crippen LogP contribution in [0.2, 0.25) is 0 Å². The number of fused-ring (bicyclic) bond motifs is 1. The molecule has 0 radical (unpaired) electrons. The summed E-state index contributed by atoms with van der Waals surface area (Å²) in [5.74, 6) is -0.833. The van der Waals surface area contributed by atoms with Crippen LogP contribution in [0.3, 0.4) is 0 Å². The number of aliphatic carboxylic acids is 1. The number of hydrogen-bond acceptors (Lipinski definition) is 3. The van der Waals surface area contributed by atoms with Crippen LogP contribution in [0.25, 0.3) is 11.0 Å². The molecule has 2 aromatic rings. The SMILES string of the molecule is COc1nc2ccccc2n1CCC(=O)O. The van der Waals surface area contributed by atoms with Gasteiger partial charge in [-0.3, -0.25) is 9.36 Å². The molecule has 1 N–H and O–H groups in total. The number of imidazole rings is 1. The summed E-state index contributed by atoms with van der Waals surface area (Å²) in [6.45, 7) is 0.360. The molecule has 0 amide bonds. The number of carboxylic acids is 1. The highest BCUT2D eigenvalue weighted by Crippen LogP contribution is 2.21. The summed E-state index contributed by atoms with van der Waals surface area (Å²) < 4.78 is 6.89. The van der Waals surface area contributed by atoms with Crippen molar-refractivity contribution in [1.29, 1.82) is 0 Å². The second-order valence-electron chi connectivity index (χ2n) is 3.38. The second kappa shape index (κ2) is 4.22. The number of hydrogen-bond donors (Lipinski definition) is 1. The Morgan fingerprint density at radius 2 is 2.25 bits per heavy atom. The molecule has 0 bridgehead atoms. The van der Waals surface area contributed by atoms with Crippen LogP contribution in [0.5, 0.6) is 6.01 Å². The van der Waals surface area contributed by atoms with Gasteiger partial charge in [0.1, 0.15) is 0 Å². The van der Waals surface area contributed by atoms with Gasteiger partial charge in [-0.15, -0.1) is 0 Å². The number of benzene rings is 1. The maximum atomic E-state index is 10.6. The van der Waals surface area contributed by atoms with Crippen molar-refractivity contribution >= 4 is 17.0 Å². The summed E-state index contributed by atoms with van der Waals surface area (Å²) in [4.78, 5) is 14.8. The van der Waals surface area contributed by atoms with Crippen molar-refractivity contribution in [2.45, 2.75) is 13.0 Å². The molecule has 0 aliphatic rings. The average Bonchev–Trinajstić information content (AvgIpc) is 2.64. The minimum atomic E-state index is -0.833. The Morgan fingerprint density at radius 1 is 1.50 bits per heavy atom. The highest BCUT2D eigenvalue weighted by Gasteiger charge is 2.11. The lowest BCUT2D eigenvalue weighted by Crippen LogP contribution is -2.06. The normalized spacial score (nSPS) is 10.6. The van der Waals surface area contributed by atoms with E-state index in [4.69, 9.17) is 9.84 Å². The first-order chi connectivity index (χ1) is 7.72. The Kier molecular flexibility index (Phi) is 2.76. The topological polar surface area (TPSA) is 64.4 Å². The van der Waals surface area contributed by atoms with E-state index in [0.717, 1.165) is 11.0 Å². The second-order valence-corrected chi connectivity index (χ2v) is 3.38. The number of ether oxygens (including phenoxy) is 1. The first kappa shape index (κ1) is 10.5. The number of carbonyl (C=O) groups is 1. The maximum Gasteiger partial charge on any atom is 0.305 e. The lowest BCUT2D eigenvalue weighted by molar-refractivity contribution is -0.137. The Labute approximate surface area is 92.3 Å². The molecule has 0 saturated heterocycles. The molecule has 1 heterocycles. The van der Waals surface area contributed by atoms with E-state index in [1.807, 2.05) is 24.3 Å². The van der Waals surface area contributed by atoms with Crippen LogP contribution in [-0.2, 0) is 11.3 Å². The van der Waals surface area contributed by atoms with E-state index < -0.39 is 5.97 Å². The number of methoxy groups -OCH3 is 1. The van der Waals surface area contributed by atoms with E-state index in [1.54, 1.807) is 4.57 Å². The van der Waals surface area contributed by atoms with Crippen LogP contribution >= 0.6 is 0 Å². The Balaban J connectivity index is 2.43. The van der Waals surface area contributed by atoms with Crippen molar-refractivity contribution in [3.63, 3.8) is 0 Å². The van der Waals surface area contributed by atoms with Crippen LogP contribution in [0.15, 0.2) is 24.3 Å². The smallest absolute Gasteiger partial charge is 0.305 e. The van der Waals surface area contributed by atoms with E-state index in [2.05, 4.69) is 4.98 Å². The Morgan fingerprint density at radius 3 is 2.94 bits per heavy atom. The van der Waals surface area contributed by atoms with Gasteiger partial charge in [0.2, 0.25) is 0 Å². The molecular weight excluding hydrogens is 208 g/mol. The van der Waals surface area contributed by atoms with Crippen molar-refractivity contribution < 1.29 is 14.6 Å². The molecule has 16 heavy (non-hydrogen) atoms. The van der Waals surface area contributed by atoms with E-state index in [9.17, 15) is 4.79 Å². The summed E-state index contributed by atoms with van der Waals surface area (Å²) in [6, 6.07) is 7.99. The first-order valence-electron chi connectivity index (χ1n) is 4.93. The van der Waals surface area contributed by atoms with Gasteiger partial charge in [0.05, 0.1) is 24.6 Å². The van der Waals surface area contributed by atoms with E-state index >= 15 is 0 Å². The van der Waals surface area contributed by atoms with Gasteiger partial charge in [0.15, 0.2) is 0 Å². The predicted molar refractivity (Wildman–Crippen MR) is 58.5 cm³/mol. The lowest BCUT2D eigenvalue weighted by Gasteiger charge is -2.05. The molecule has 0 unspecified atom stereocenters. The number of rotatable bonds is 4. The number of para-hydroxylation sites is 2. The zero-order valence-corrected chi connectivity index (χ0v) is 8.88. The highest BCUT2D eigenvalue weighted by atomic mass is 16.5. The van der Waals surface area contributed by atoms with Crippen molar-refractivity contribution in [2.75, 3.05) is 7.11 Å². The van der Waals surface area contributed by atoms with Gasteiger partial charge >= 0.3 is 5.97 Å². The van der Waals surface area contributed by atoms with Gasteiger partial charge in [0, 0.05) is 6.54 Å². The monoisotopic (exact) mass is 220 g/mol. The van der Waals surface area contributed by atoms with Crippen LogP contribution in [-0.4, -0.2) is 27.7 Å². The molecule has 5 nitrogen and oxygen atoms in total. The van der Waals surface area contributed by atoms with Gasteiger partial charge in [-0.2, -0.15) is 4.98 Å². The van der Waals surface area contributed by atoms with Gasteiger partial charge in [-0.25, -0.2) is 0 Å². The fraction of sp³-hybridized carbons (Fsp3) is 0.273. The van der Waals surface area contributed by atoms with Crippen molar-refractivity contribution in [2.24, 2.45) is 0 Å². The molecule has 84 valence electrons. The Bertz CT molecular complexity index is 519. The molecule has 0 atom stereocenters. The van der Waals surface area contributed by atoms with Gasteiger partial charge < -0.3 is 9.84 Å². The number of aromatic nitrogens is 2. The quantitative estimate of drug-likeness (QED) is 0.848. The molecule has 0 saturated carbocycles. The third-order valence-electron chi connectivity index (χ3n) is 2.35. The molecule has 1 aromatic carbocycles. The highest BCUT2D eigenvalue weighted by molar-refractivity contribution is 5.77. The molecule has 0 spiro atoms. The zero-order chi connectivity index (χ0) is 11.5. The van der Waals surface area contributed by atoms with Crippen molar-refractivity contribution in [3.05, 3.63) is 24.3 Å². The molecule has 5 heteroatoms. The van der Waals surface area contributed by atoms with Crippen molar-refractivity contribution in [3.8, 4) is 6.01 Å². The van der Waals surface area contributed by atoms with Crippen LogP contribution in [0.4, 0.5) is 0 Å². The molecule has 0 fully saturated rings. The third-order valence-corrected chi connectivity index (χ3v) is 2.35. The summed E-state index contributed by atoms with van der Waals surface area (Å²) >= 11 is 0. The molecular formula is C11H12N2O3. The van der Waals surface area contributed by atoms with Gasteiger partial charge in [-0.1, -0.05) is 12.1 Å². The number of nitrogens with zero attached hydrogens (tertiary/aromatic N) is 2. The Hall–Kier alpha value is -2.04.